The molecule has 0 unspecified atom stereocenters. The Labute approximate surface area is 143 Å². The fourth-order valence-electron chi connectivity index (χ4n) is 1.73. The number of carbonyl (C=O) groups excluding carboxylic acids is 1. The van der Waals surface area contributed by atoms with Gasteiger partial charge in [0.1, 0.15) is 11.5 Å². The van der Waals surface area contributed by atoms with Crippen molar-refractivity contribution in [3.05, 3.63) is 58.6 Å². The zero-order valence-electron chi connectivity index (χ0n) is 12.7. The van der Waals surface area contributed by atoms with Crippen molar-refractivity contribution in [2.75, 3.05) is 13.2 Å². The van der Waals surface area contributed by atoms with Crippen LogP contribution in [0.25, 0.3) is 0 Å². The number of nitrogens with zero attached hydrogens (tertiary/aromatic N) is 1. The van der Waals surface area contributed by atoms with E-state index in [-0.39, 0.29) is 12.5 Å². The van der Waals surface area contributed by atoms with Crippen LogP contribution >= 0.6 is 15.9 Å². The molecule has 0 aliphatic heterocycles. The van der Waals surface area contributed by atoms with Gasteiger partial charge < -0.3 is 9.47 Å². The molecule has 120 valence electrons. The van der Waals surface area contributed by atoms with Gasteiger partial charge in [-0.15, -0.1) is 0 Å². The number of hydrogen-bond acceptors (Lipinski definition) is 4. The maximum absolute atomic E-state index is 11.6. The molecular formula is C17H17BrN2O3. The summed E-state index contributed by atoms with van der Waals surface area (Å²) in [6, 6.07) is 14.7. The molecule has 0 spiro atoms. The van der Waals surface area contributed by atoms with E-state index in [4.69, 9.17) is 9.47 Å². The number of benzene rings is 2. The van der Waals surface area contributed by atoms with E-state index in [1.807, 2.05) is 43.3 Å². The third kappa shape index (κ3) is 6.12. The van der Waals surface area contributed by atoms with E-state index in [9.17, 15) is 4.79 Å². The minimum atomic E-state index is -0.327. The summed E-state index contributed by atoms with van der Waals surface area (Å²) in [5.41, 5.74) is 3.28. The Morgan fingerprint density at radius 2 is 1.96 bits per heavy atom. The van der Waals surface area contributed by atoms with E-state index in [2.05, 4.69) is 26.5 Å². The maximum atomic E-state index is 11.6. The molecule has 1 amide bonds. The SMILES string of the molecule is CCOc1ccc(/C=N\NC(=O)COc2cccc(Br)c2)cc1. The summed E-state index contributed by atoms with van der Waals surface area (Å²) >= 11 is 3.34. The summed E-state index contributed by atoms with van der Waals surface area (Å²) in [5.74, 6) is 1.09. The van der Waals surface area contributed by atoms with Crippen LogP contribution in [0.5, 0.6) is 11.5 Å². The summed E-state index contributed by atoms with van der Waals surface area (Å²) in [6.07, 6.45) is 1.56. The predicted octanol–water partition coefficient (Wildman–Crippen LogP) is 3.38. The summed E-state index contributed by atoms with van der Waals surface area (Å²) in [5, 5.41) is 3.89. The van der Waals surface area contributed by atoms with E-state index in [0.29, 0.717) is 12.4 Å². The van der Waals surface area contributed by atoms with Crippen molar-refractivity contribution in [3.63, 3.8) is 0 Å². The molecule has 0 aromatic heterocycles. The average Bonchev–Trinajstić information content (AvgIpc) is 2.55. The minimum absolute atomic E-state index is 0.100. The van der Waals surface area contributed by atoms with E-state index in [1.54, 1.807) is 18.3 Å². The lowest BCUT2D eigenvalue weighted by atomic mass is 10.2. The lowest BCUT2D eigenvalue weighted by Crippen LogP contribution is -2.24. The molecule has 0 atom stereocenters. The van der Waals surface area contributed by atoms with Gasteiger partial charge in [-0.2, -0.15) is 5.10 Å². The van der Waals surface area contributed by atoms with Gasteiger partial charge in [0.05, 0.1) is 12.8 Å². The van der Waals surface area contributed by atoms with Crippen LogP contribution in [-0.4, -0.2) is 25.3 Å². The van der Waals surface area contributed by atoms with Gasteiger partial charge in [-0.05, 0) is 55.0 Å². The highest BCUT2D eigenvalue weighted by atomic mass is 79.9. The molecule has 0 bridgehead atoms. The highest BCUT2D eigenvalue weighted by molar-refractivity contribution is 9.10. The Balaban J connectivity index is 1.77. The Morgan fingerprint density at radius 1 is 1.17 bits per heavy atom. The average molecular weight is 377 g/mol. The Hall–Kier alpha value is -2.34. The molecule has 6 heteroatoms. The van der Waals surface area contributed by atoms with Crippen molar-refractivity contribution in [2.24, 2.45) is 5.10 Å². The molecule has 5 nitrogen and oxygen atoms in total. The summed E-state index contributed by atoms with van der Waals surface area (Å²) < 4.78 is 11.6. The van der Waals surface area contributed by atoms with Gasteiger partial charge in [-0.25, -0.2) is 5.43 Å². The second-order valence-electron chi connectivity index (χ2n) is 4.54. The molecule has 0 radical (unpaired) electrons. The number of hydrogen-bond donors (Lipinski definition) is 1. The van der Waals surface area contributed by atoms with Crippen LogP contribution in [-0.2, 0) is 4.79 Å². The molecule has 0 aliphatic carbocycles. The first-order chi connectivity index (χ1) is 11.2. The van der Waals surface area contributed by atoms with Gasteiger partial charge in [-0.1, -0.05) is 22.0 Å². The van der Waals surface area contributed by atoms with Gasteiger partial charge in [0.25, 0.3) is 5.91 Å². The van der Waals surface area contributed by atoms with Crippen LogP contribution in [0.1, 0.15) is 12.5 Å². The molecule has 2 aromatic carbocycles. The number of carbonyl (C=O) groups is 1. The van der Waals surface area contributed by atoms with E-state index >= 15 is 0 Å². The lowest BCUT2D eigenvalue weighted by molar-refractivity contribution is -0.123. The second kappa shape index (κ2) is 8.95. The highest BCUT2D eigenvalue weighted by Crippen LogP contribution is 2.17. The number of ether oxygens (including phenoxy) is 2. The minimum Gasteiger partial charge on any atom is -0.494 e. The standard InChI is InChI=1S/C17H17BrN2O3/c1-2-22-15-8-6-13(7-9-15)11-19-20-17(21)12-23-16-5-3-4-14(18)10-16/h3-11H,2,12H2,1H3,(H,20,21)/b19-11-. The molecule has 0 saturated heterocycles. The summed E-state index contributed by atoms with van der Waals surface area (Å²) in [7, 11) is 0. The third-order valence-corrected chi connectivity index (χ3v) is 3.25. The number of halogens is 1. The monoisotopic (exact) mass is 376 g/mol. The normalized spacial score (nSPS) is 10.5. The van der Waals surface area contributed by atoms with Crippen molar-refractivity contribution in [1.82, 2.24) is 5.43 Å². The molecule has 0 heterocycles. The Bertz CT molecular complexity index is 672. The lowest BCUT2D eigenvalue weighted by Gasteiger charge is -2.05. The molecule has 0 fully saturated rings. The van der Waals surface area contributed by atoms with Crippen molar-refractivity contribution < 1.29 is 14.3 Å². The van der Waals surface area contributed by atoms with E-state index in [1.165, 1.54) is 0 Å². The van der Waals surface area contributed by atoms with E-state index < -0.39 is 0 Å². The fourth-order valence-corrected chi connectivity index (χ4v) is 2.11. The molecule has 2 aromatic rings. The van der Waals surface area contributed by atoms with Gasteiger partial charge in [0.15, 0.2) is 6.61 Å². The summed E-state index contributed by atoms with van der Waals surface area (Å²) in [4.78, 5) is 11.6. The zero-order chi connectivity index (χ0) is 16.5. The van der Waals surface area contributed by atoms with Crippen LogP contribution in [0.2, 0.25) is 0 Å². The Morgan fingerprint density at radius 3 is 2.65 bits per heavy atom. The van der Waals surface area contributed by atoms with Crippen LogP contribution in [0.4, 0.5) is 0 Å². The topological polar surface area (TPSA) is 59.9 Å². The third-order valence-electron chi connectivity index (χ3n) is 2.76. The molecule has 0 saturated carbocycles. The predicted molar refractivity (Wildman–Crippen MR) is 93.0 cm³/mol. The van der Waals surface area contributed by atoms with Crippen molar-refractivity contribution in [1.29, 1.82) is 0 Å². The largest absolute Gasteiger partial charge is 0.494 e. The molecule has 1 N–H and O–H groups in total. The van der Waals surface area contributed by atoms with Gasteiger partial charge in [0, 0.05) is 4.47 Å². The second-order valence-corrected chi connectivity index (χ2v) is 5.46. The van der Waals surface area contributed by atoms with Crippen molar-refractivity contribution in [3.8, 4) is 11.5 Å². The smallest absolute Gasteiger partial charge is 0.277 e. The van der Waals surface area contributed by atoms with Crippen LogP contribution in [0.3, 0.4) is 0 Å². The van der Waals surface area contributed by atoms with Crippen LogP contribution in [0.15, 0.2) is 58.1 Å². The van der Waals surface area contributed by atoms with Crippen molar-refractivity contribution >= 4 is 28.1 Å². The van der Waals surface area contributed by atoms with Crippen LogP contribution in [0, 0.1) is 0 Å². The van der Waals surface area contributed by atoms with Gasteiger partial charge in [-0.3, -0.25) is 4.79 Å². The first kappa shape index (κ1) is 17.0. The fraction of sp³-hybridized carbons (Fsp3) is 0.176. The summed E-state index contributed by atoms with van der Waals surface area (Å²) in [6.45, 7) is 2.46. The maximum Gasteiger partial charge on any atom is 0.277 e. The number of amides is 1. The zero-order valence-corrected chi connectivity index (χ0v) is 14.2. The molecule has 0 aliphatic rings. The highest BCUT2D eigenvalue weighted by Gasteiger charge is 2.01. The molecule has 2 rings (SSSR count). The van der Waals surface area contributed by atoms with Gasteiger partial charge >= 0.3 is 0 Å². The van der Waals surface area contributed by atoms with Gasteiger partial charge in [0.2, 0.25) is 0 Å². The van der Waals surface area contributed by atoms with Crippen molar-refractivity contribution in [2.45, 2.75) is 6.92 Å². The quantitative estimate of drug-likeness (QED) is 0.595. The Kier molecular flexibility index (Phi) is 6.62. The number of nitrogens with one attached hydrogen (secondary N) is 1. The molecular weight excluding hydrogens is 360 g/mol. The molecule has 23 heavy (non-hydrogen) atoms. The number of hydrazone groups is 1. The first-order valence-corrected chi connectivity index (χ1v) is 7.90. The van der Waals surface area contributed by atoms with Crippen LogP contribution < -0.4 is 14.9 Å². The first-order valence-electron chi connectivity index (χ1n) is 7.10. The number of rotatable bonds is 7. The van der Waals surface area contributed by atoms with E-state index in [0.717, 1.165) is 15.8 Å².